The fourth-order valence-corrected chi connectivity index (χ4v) is 5.21. The van der Waals surface area contributed by atoms with E-state index in [1.165, 1.54) is 0 Å². The molecule has 3 atom stereocenters. The van der Waals surface area contributed by atoms with Crippen LogP contribution in [0.25, 0.3) is 0 Å². The second kappa shape index (κ2) is 7.56. The molecule has 0 spiro atoms. The predicted molar refractivity (Wildman–Crippen MR) is 119 cm³/mol. The number of fused-ring (bicyclic) bond motifs is 3. The Balaban J connectivity index is 1.78. The van der Waals surface area contributed by atoms with Crippen LogP contribution in [0.4, 0.5) is 0 Å². The zero-order valence-electron chi connectivity index (χ0n) is 16.6. The van der Waals surface area contributed by atoms with E-state index in [9.17, 15) is 9.90 Å². The maximum absolute atomic E-state index is 13.6. The molecule has 4 nitrogen and oxygen atoms in total. The van der Waals surface area contributed by atoms with Crippen LogP contribution in [0.3, 0.4) is 0 Å². The average molecular weight is 455 g/mol. The van der Waals surface area contributed by atoms with Crippen molar-refractivity contribution >= 4 is 29.0 Å². The summed E-state index contributed by atoms with van der Waals surface area (Å²) in [4.78, 5) is 13.6. The summed E-state index contributed by atoms with van der Waals surface area (Å²) < 4.78 is 12.4. The van der Waals surface area contributed by atoms with Crippen molar-refractivity contribution in [3.05, 3.63) is 94.5 Å². The molecule has 3 aromatic carbocycles. The minimum Gasteiger partial charge on any atom is -0.492 e. The number of hydrogen-bond acceptors (Lipinski definition) is 4. The van der Waals surface area contributed by atoms with Gasteiger partial charge in [0.2, 0.25) is 0 Å². The molecule has 31 heavy (non-hydrogen) atoms. The maximum atomic E-state index is 13.6. The number of rotatable bonds is 5. The molecule has 5 rings (SSSR count). The Hall–Kier alpha value is -2.53. The zero-order valence-corrected chi connectivity index (χ0v) is 18.1. The summed E-state index contributed by atoms with van der Waals surface area (Å²) in [6.45, 7) is 0.248. The first-order valence-electron chi connectivity index (χ1n) is 10.1. The predicted octanol–water partition coefficient (Wildman–Crippen LogP) is 5.19. The number of Topliss-reactive ketones (excluding diaryl/α,β-unsaturated/α-hetero) is 1. The number of alkyl halides is 1. The van der Waals surface area contributed by atoms with Crippen LogP contribution in [-0.4, -0.2) is 23.4 Å². The van der Waals surface area contributed by atoms with E-state index < -0.39 is 17.1 Å². The molecule has 3 unspecified atom stereocenters. The summed E-state index contributed by atoms with van der Waals surface area (Å²) in [5.74, 6) is 0.404. The Morgan fingerprint density at radius 2 is 1.77 bits per heavy atom. The number of ether oxygens (including phenoxy) is 2. The summed E-state index contributed by atoms with van der Waals surface area (Å²) >= 11 is 12.0. The van der Waals surface area contributed by atoms with E-state index in [0.29, 0.717) is 27.6 Å². The lowest BCUT2D eigenvalue weighted by molar-refractivity contribution is -0.151. The first-order valence-corrected chi connectivity index (χ1v) is 11.0. The molecule has 2 aliphatic rings. The van der Waals surface area contributed by atoms with Gasteiger partial charge in [-0.3, -0.25) is 4.79 Å². The van der Waals surface area contributed by atoms with Crippen molar-refractivity contribution in [1.29, 1.82) is 0 Å². The molecule has 0 amide bonds. The van der Waals surface area contributed by atoms with Gasteiger partial charge >= 0.3 is 0 Å². The van der Waals surface area contributed by atoms with E-state index in [1.54, 1.807) is 30.3 Å². The van der Waals surface area contributed by atoms with E-state index in [2.05, 4.69) is 0 Å². The third kappa shape index (κ3) is 2.82. The van der Waals surface area contributed by atoms with Crippen LogP contribution in [0.1, 0.15) is 29.0 Å². The molecule has 1 fully saturated rings. The van der Waals surface area contributed by atoms with Crippen molar-refractivity contribution in [2.75, 3.05) is 12.5 Å². The highest BCUT2D eigenvalue weighted by molar-refractivity contribution is 6.30. The molecule has 1 aliphatic carbocycles. The van der Waals surface area contributed by atoms with Crippen LogP contribution in [0.15, 0.2) is 72.8 Å². The first kappa shape index (κ1) is 20.4. The minimum atomic E-state index is -1.92. The molecule has 1 N–H and O–H groups in total. The lowest BCUT2D eigenvalue weighted by Gasteiger charge is -2.39. The average Bonchev–Trinajstić information content (AvgIpc) is 3.19. The van der Waals surface area contributed by atoms with Gasteiger partial charge in [0.15, 0.2) is 17.0 Å². The van der Waals surface area contributed by atoms with Crippen molar-refractivity contribution in [3.8, 4) is 11.5 Å². The van der Waals surface area contributed by atoms with Gasteiger partial charge < -0.3 is 14.6 Å². The van der Waals surface area contributed by atoms with Crippen molar-refractivity contribution in [2.24, 2.45) is 0 Å². The van der Waals surface area contributed by atoms with Crippen LogP contribution in [-0.2, 0) is 16.0 Å². The highest BCUT2D eigenvalue weighted by Gasteiger charge is 2.73. The molecule has 0 aromatic heterocycles. The normalized spacial score (nSPS) is 26.3. The first-order chi connectivity index (χ1) is 15.0. The van der Waals surface area contributed by atoms with Crippen molar-refractivity contribution in [1.82, 2.24) is 0 Å². The van der Waals surface area contributed by atoms with E-state index in [4.69, 9.17) is 32.7 Å². The summed E-state index contributed by atoms with van der Waals surface area (Å²) in [7, 11) is 0. The monoisotopic (exact) mass is 454 g/mol. The number of halogens is 2. The Morgan fingerprint density at radius 1 is 1.03 bits per heavy atom. The summed E-state index contributed by atoms with van der Waals surface area (Å²) in [6.07, 6.45) is 0.131. The molecule has 1 heterocycles. The number of benzene rings is 3. The standard InChI is InChI=1S/C25H20Cl2O4/c26-13-14-30-20-7-4-8-21-23(20)24(29)22(28)15-19(16-5-2-1-3-6-16)25(24,31-21)17-9-11-18(27)12-10-17/h1-12,19,29H,13-15H2. The van der Waals surface area contributed by atoms with Crippen molar-refractivity contribution in [3.63, 3.8) is 0 Å². The van der Waals surface area contributed by atoms with Gasteiger partial charge in [0.25, 0.3) is 0 Å². The van der Waals surface area contributed by atoms with Crippen LogP contribution in [0, 0.1) is 0 Å². The van der Waals surface area contributed by atoms with E-state index >= 15 is 0 Å². The van der Waals surface area contributed by atoms with Gasteiger partial charge in [0.1, 0.15) is 18.1 Å². The molecule has 1 aliphatic heterocycles. The second-order valence-electron chi connectivity index (χ2n) is 7.81. The fraction of sp³-hybridized carbons (Fsp3) is 0.240. The van der Waals surface area contributed by atoms with Crippen LogP contribution >= 0.6 is 23.2 Å². The topological polar surface area (TPSA) is 55.8 Å². The van der Waals surface area contributed by atoms with Gasteiger partial charge in [-0.2, -0.15) is 0 Å². The third-order valence-electron chi connectivity index (χ3n) is 6.25. The fourth-order valence-electron chi connectivity index (χ4n) is 5.01. The van der Waals surface area contributed by atoms with Gasteiger partial charge in [0.05, 0.1) is 11.4 Å². The Kier molecular flexibility index (Phi) is 4.97. The van der Waals surface area contributed by atoms with Crippen LogP contribution in [0.5, 0.6) is 11.5 Å². The molecular weight excluding hydrogens is 435 g/mol. The summed E-state index contributed by atoms with van der Waals surface area (Å²) in [5.41, 5.74) is -1.31. The molecule has 0 radical (unpaired) electrons. The third-order valence-corrected chi connectivity index (χ3v) is 6.66. The second-order valence-corrected chi connectivity index (χ2v) is 8.63. The van der Waals surface area contributed by atoms with Gasteiger partial charge in [-0.05, 0) is 35.4 Å². The molecule has 158 valence electrons. The summed E-state index contributed by atoms with van der Waals surface area (Å²) in [5, 5.41) is 12.8. The smallest absolute Gasteiger partial charge is 0.200 e. The zero-order chi connectivity index (χ0) is 21.6. The van der Waals surface area contributed by atoms with Crippen molar-refractivity contribution in [2.45, 2.75) is 23.5 Å². The van der Waals surface area contributed by atoms with Crippen molar-refractivity contribution < 1.29 is 19.4 Å². The van der Waals surface area contributed by atoms with Crippen LogP contribution in [0.2, 0.25) is 5.02 Å². The van der Waals surface area contributed by atoms with E-state index in [1.807, 2.05) is 42.5 Å². The summed E-state index contributed by atoms with van der Waals surface area (Å²) in [6, 6.07) is 22.1. The van der Waals surface area contributed by atoms with Crippen LogP contribution < -0.4 is 9.47 Å². The maximum Gasteiger partial charge on any atom is 0.200 e. The van der Waals surface area contributed by atoms with E-state index in [0.717, 1.165) is 5.56 Å². The number of aliphatic hydroxyl groups is 1. The molecule has 3 aromatic rings. The lowest BCUT2D eigenvalue weighted by atomic mass is 9.71. The van der Waals surface area contributed by atoms with Gasteiger partial charge in [-0.1, -0.05) is 60.1 Å². The number of carbonyl (C=O) groups is 1. The quantitative estimate of drug-likeness (QED) is 0.538. The Morgan fingerprint density at radius 3 is 2.48 bits per heavy atom. The number of carbonyl (C=O) groups excluding carboxylic acids is 1. The SMILES string of the molecule is O=C1CC(c2ccccc2)C2(c3ccc(Cl)cc3)Oc3cccc(OCCCl)c3C12O. The van der Waals surface area contributed by atoms with E-state index in [-0.39, 0.29) is 24.7 Å². The highest BCUT2D eigenvalue weighted by Crippen LogP contribution is 2.66. The molecule has 6 heteroatoms. The highest BCUT2D eigenvalue weighted by atomic mass is 35.5. The molecular formula is C25H20Cl2O4. The van der Waals surface area contributed by atoms with Gasteiger partial charge in [0, 0.05) is 17.4 Å². The Labute approximate surface area is 190 Å². The van der Waals surface area contributed by atoms with Gasteiger partial charge in [-0.15, -0.1) is 11.6 Å². The molecule has 0 bridgehead atoms. The van der Waals surface area contributed by atoms with Gasteiger partial charge in [-0.25, -0.2) is 0 Å². The largest absolute Gasteiger partial charge is 0.492 e. The number of hydrogen-bond donors (Lipinski definition) is 1. The number of ketones is 1. The molecule has 0 saturated heterocycles. The lowest BCUT2D eigenvalue weighted by Crippen LogP contribution is -2.50. The minimum absolute atomic E-state index is 0.131. The molecule has 1 saturated carbocycles. The Bertz CT molecular complexity index is 1130.